The fraction of sp³-hybridized carbons (Fsp3) is 0.375. The monoisotopic (exact) mass is 227 g/mol. The number of hydrogen-bond acceptors (Lipinski definition) is 1. The van der Waals surface area contributed by atoms with E-state index >= 15 is 0 Å². The molecule has 0 bridgehead atoms. The summed E-state index contributed by atoms with van der Waals surface area (Å²) in [6.45, 7) is 9.37. The lowest BCUT2D eigenvalue weighted by Gasteiger charge is -2.39. The zero-order valence-electron chi connectivity index (χ0n) is 10.8. The van der Waals surface area contributed by atoms with Gasteiger partial charge in [-0.15, -0.1) is 6.58 Å². The lowest BCUT2D eigenvalue weighted by atomic mass is 9.77. The summed E-state index contributed by atoms with van der Waals surface area (Å²) in [5.41, 5.74) is 4.12. The van der Waals surface area contributed by atoms with Crippen molar-refractivity contribution in [1.82, 2.24) is 5.32 Å². The van der Waals surface area contributed by atoms with Gasteiger partial charge in [0.25, 0.3) is 0 Å². The normalized spacial score (nSPS) is 24.2. The van der Waals surface area contributed by atoms with Gasteiger partial charge in [0, 0.05) is 6.54 Å². The Balaban J connectivity index is 2.37. The lowest BCUT2D eigenvalue weighted by molar-refractivity contribution is 0.326. The summed E-state index contributed by atoms with van der Waals surface area (Å²) in [7, 11) is 0. The van der Waals surface area contributed by atoms with Gasteiger partial charge in [-0.25, -0.2) is 0 Å². The molecule has 0 radical (unpaired) electrons. The highest BCUT2D eigenvalue weighted by atomic mass is 15.0. The number of benzene rings is 1. The second kappa shape index (κ2) is 4.89. The third-order valence-corrected chi connectivity index (χ3v) is 3.40. The summed E-state index contributed by atoms with van der Waals surface area (Å²) in [4.78, 5) is 0. The first-order chi connectivity index (χ1) is 8.12. The molecule has 1 aromatic rings. The van der Waals surface area contributed by atoms with E-state index in [1.165, 1.54) is 16.7 Å². The molecule has 0 unspecified atom stereocenters. The molecule has 1 N–H and O–H groups in total. The summed E-state index contributed by atoms with van der Waals surface area (Å²) in [6.07, 6.45) is 4.35. The van der Waals surface area contributed by atoms with E-state index in [0.717, 1.165) is 19.4 Å². The first-order valence-electron chi connectivity index (χ1n) is 6.23. The van der Waals surface area contributed by atoms with Crippen LogP contribution in [0.15, 0.2) is 54.1 Å². The van der Waals surface area contributed by atoms with Crippen molar-refractivity contribution in [2.24, 2.45) is 0 Å². The number of hydrogen-bond donors (Lipinski definition) is 1. The first kappa shape index (κ1) is 12.1. The molecule has 0 fully saturated rings. The molecule has 17 heavy (non-hydrogen) atoms. The van der Waals surface area contributed by atoms with Crippen LogP contribution in [0.1, 0.15) is 32.3 Å². The second-order valence-electron chi connectivity index (χ2n) is 5.19. The van der Waals surface area contributed by atoms with Crippen molar-refractivity contribution in [3.05, 3.63) is 59.7 Å². The minimum absolute atomic E-state index is 0.0475. The van der Waals surface area contributed by atoms with E-state index in [2.05, 4.69) is 62.2 Å². The predicted octanol–water partition coefficient (Wildman–Crippen LogP) is 3.79. The predicted molar refractivity (Wildman–Crippen MR) is 73.9 cm³/mol. The number of nitrogens with one attached hydrogen (secondary N) is 1. The molecule has 0 aliphatic carbocycles. The Morgan fingerprint density at radius 3 is 2.65 bits per heavy atom. The van der Waals surface area contributed by atoms with Crippen LogP contribution in [0.25, 0.3) is 0 Å². The molecular formula is C16H21N. The van der Waals surface area contributed by atoms with Gasteiger partial charge in [0.1, 0.15) is 0 Å². The van der Waals surface area contributed by atoms with E-state index in [9.17, 15) is 0 Å². The van der Waals surface area contributed by atoms with E-state index in [0.29, 0.717) is 0 Å². The molecule has 1 atom stereocenters. The van der Waals surface area contributed by atoms with Gasteiger partial charge in [-0.2, -0.15) is 0 Å². The van der Waals surface area contributed by atoms with Gasteiger partial charge in [0.15, 0.2) is 0 Å². The van der Waals surface area contributed by atoms with Crippen LogP contribution in [-0.4, -0.2) is 6.54 Å². The average molecular weight is 227 g/mol. The van der Waals surface area contributed by atoms with Crippen LogP contribution >= 0.6 is 0 Å². The molecule has 90 valence electrons. The maximum atomic E-state index is 4.09. The van der Waals surface area contributed by atoms with Gasteiger partial charge in [0.2, 0.25) is 0 Å². The molecule has 0 saturated carbocycles. The fourth-order valence-corrected chi connectivity index (χ4v) is 2.73. The van der Waals surface area contributed by atoms with Crippen molar-refractivity contribution in [3.63, 3.8) is 0 Å². The minimum atomic E-state index is 0.0475. The van der Waals surface area contributed by atoms with Crippen LogP contribution in [0.4, 0.5) is 0 Å². The first-order valence-corrected chi connectivity index (χ1v) is 6.23. The third kappa shape index (κ3) is 2.67. The van der Waals surface area contributed by atoms with E-state index in [-0.39, 0.29) is 5.54 Å². The zero-order chi connectivity index (χ0) is 12.3. The molecule has 1 nitrogen and oxygen atoms in total. The zero-order valence-corrected chi connectivity index (χ0v) is 10.8. The van der Waals surface area contributed by atoms with Crippen LogP contribution in [0, 0.1) is 0 Å². The van der Waals surface area contributed by atoms with Gasteiger partial charge < -0.3 is 5.32 Å². The summed E-state index contributed by atoms with van der Waals surface area (Å²) in [6, 6.07) is 10.7. The maximum absolute atomic E-state index is 4.09. The average Bonchev–Trinajstić information content (AvgIpc) is 2.29. The van der Waals surface area contributed by atoms with Crippen LogP contribution in [0.3, 0.4) is 0 Å². The van der Waals surface area contributed by atoms with Crippen LogP contribution in [0.2, 0.25) is 0 Å². The summed E-state index contributed by atoms with van der Waals surface area (Å²) in [5.74, 6) is 0. The highest BCUT2D eigenvalue weighted by Crippen LogP contribution is 2.36. The molecular weight excluding hydrogens is 206 g/mol. The molecule has 0 aromatic heterocycles. The van der Waals surface area contributed by atoms with Gasteiger partial charge in [-0.3, -0.25) is 0 Å². The van der Waals surface area contributed by atoms with Crippen LogP contribution in [-0.2, 0) is 5.54 Å². The van der Waals surface area contributed by atoms with Crippen molar-refractivity contribution >= 4 is 0 Å². The number of rotatable bonds is 3. The van der Waals surface area contributed by atoms with Crippen molar-refractivity contribution in [2.45, 2.75) is 32.2 Å². The highest BCUT2D eigenvalue weighted by molar-refractivity contribution is 5.31. The Hall–Kier alpha value is -1.34. The molecule has 2 rings (SSSR count). The molecule has 1 heterocycles. The van der Waals surface area contributed by atoms with E-state index in [1.54, 1.807) is 0 Å². The SMILES string of the molecule is C=C(C)C[C@]1(c2ccccc2)CC(C)=CCN1. The quantitative estimate of drug-likeness (QED) is 0.775. The Morgan fingerprint density at radius 2 is 2.06 bits per heavy atom. The standard InChI is InChI=1S/C16H21N/c1-13(2)11-16(12-14(3)9-10-17-16)15-7-5-4-6-8-15/h4-9,17H,1,10-12H2,2-3H3/t16-/m1/s1. The van der Waals surface area contributed by atoms with Crippen LogP contribution < -0.4 is 5.32 Å². The van der Waals surface area contributed by atoms with Gasteiger partial charge >= 0.3 is 0 Å². The van der Waals surface area contributed by atoms with E-state index < -0.39 is 0 Å². The molecule has 0 saturated heterocycles. The van der Waals surface area contributed by atoms with Crippen molar-refractivity contribution in [1.29, 1.82) is 0 Å². The Kier molecular flexibility index (Phi) is 3.49. The maximum Gasteiger partial charge on any atom is 0.0511 e. The van der Waals surface area contributed by atoms with Crippen molar-refractivity contribution in [2.75, 3.05) is 6.54 Å². The largest absolute Gasteiger partial charge is 0.303 e. The van der Waals surface area contributed by atoms with E-state index in [4.69, 9.17) is 0 Å². The van der Waals surface area contributed by atoms with Gasteiger partial charge in [-0.05, 0) is 32.3 Å². The Morgan fingerprint density at radius 1 is 1.35 bits per heavy atom. The Labute approximate surface area is 104 Å². The fourth-order valence-electron chi connectivity index (χ4n) is 2.73. The molecule has 1 heteroatoms. The molecule has 1 aromatic carbocycles. The minimum Gasteiger partial charge on any atom is -0.303 e. The summed E-state index contributed by atoms with van der Waals surface area (Å²) < 4.78 is 0. The molecule has 1 aliphatic rings. The molecule has 0 spiro atoms. The lowest BCUT2D eigenvalue weighted by Crippen LogP contribution is -2.45. The summed E-state index contributed by atoms with van der Waals surface area (Å²) in [5, 5.41) is 3.67. The summed E-state index contributed by atoms with van der Waals surface area (Å²) >= 11 is 0. The highest BCUT2D eigenvalue weighted by Gasteiger charge is 2.33. The smallest absolute Gasteiger partial charge is 0.0511 e. The van der Waals surface area contributed by atoms with Gasteiger partial charge in [-0.1, -0.05) is 47.6 Å². The second-order valence-corrected chi connectivity index (χ2v) is 5.19. The Bertz CT molecular complexity index is 430. The van der Waals surface area contributed by atoms with Gasteiger partial charge in [0.05, 0.1) is 5.54 Å². The van der Waals surface area contributed by atoms with E-state index in [1.807, 2.05) is 0 Å². The molecule has 0 amide bonds. The topological polar surface area (TPSA) is 12.0 Å². The van der Waals surface area contributed by atoms with Crippen LogP contribution in [0.5, 0.6) is 0 Å². The van der Waals surface area contributed by atoms with Crippen molar-refractivity contribution < 1.29 is 0 Å². The third-order valence-electron chi connectivity index (χ3n) is 3.40. The van der Waals surface area contributed by atoms with Crippen molar-refractivity contribution in [3.8, 4) is 0 Å². The molecule has 1 aliphatic heterocycles.